The Morgan fingerprint density at radius 1 is 0.875 bits per heavy atom. The minimum atomic E-state index is 0.565. The van der Waals surface area contributed by atoms with E-state index in [4.69, 9.17) is 0 Å². The van der Waals surface area contributed by atoms with E-state index in [9.17, 15) is 0 Å². The Labute approximate surface area is 150 Å². The van der Waals surface area contributed by atoms with Crippen LogP contribution < -0.4 is 0 Å². The number of likely N-dealkylation sites (N-methyl/N-ethyl adjacent to an activating group) is 1. The van der Waals surface area contributed by atoms with Crippen LogP contribution in [0.3, 0.4) is 0 Å². The van der Waals surface area contributed by atoms with Crippen molar-refractivity contribution in [3.63, 3.8) is 0 Å². The third kappa shape index (κ3) is 6.66. The average molecular weight is 329 g/mol. The smallest absolute Gasteiger partial charge is 0.0365 e. The zero-order chi connectivity index (χ0) is 18.9. The predicted molar refractivity (Wildman–Crippen MR) is 109 cm³/mol. The maximum absolute atomic E-state index is 4.00. The van der Waals surface area contributed by atoms with Crippen LogP contribution in [0.2, 0.25) is 0 Å². The summed E-state index contributed by atoms with van der Waals surface area (Å²) in [5, 5.41) is 0. The van der Waals surface area contributed by atoms with Gasteiger partial charge in [0.2, 0.25) is 0 Å². The van der Waals surface area contributed by atoms with E-state index in [1.807, 2.05) is 40.3 Å². The Hall–Kier alpha value is -1.96. The van der Waals surface area contributed by atoms with E-state index >= 15 is 0 Å². The highest BCUT2D eigenvalue weighted by molar-refractivity contribution is 5.40. The quantitative estimate of drug-likeness (QED) is 0.603. The van der Waals surface area contributed by atoms with E-state index in [0.29, 0.717) is 11.8 Å². The molecule has 0 unspecified atom stereocenters. The van der Waals surface area contributed by atoms with Crippen molar-refractivity contribution < 1.29 is 0 Å². The molecule has 2 aliphatic heterocycles. The monoisotopic (exact) mass is 328 g/mol. The predicted octanol–water partition coefficient (Wildman–Crippen LogP) is 6.11. The summed E-state index contributed by atoms with van der Waals surface area (Å²) in [7, 11) is 4.06. The second-order valence-electron chi connectivity index (χ2n) is 6.42. The van der Waals surface area contributed by atoms with Crippen molar-refractivity contribution in [3.8, 4) is 0 Å². The van der Waals surface area contributed by atoms with Gasteiger partial charge in [0.1, 0.15) is 0 Å². The molecule has 0 bridgehead atoms. The van der Waals surface area contributed by atoms with E-state index in [1.165, 1.54) is 11.1 Å². The molecule has 0 saturated heterocycles. The van der Waals surface area contributed by atoms with Gasteiger partial charge in [-0.15, -0.1) is 0 Å². The lowest BCUT2D eigenvalue weighted by atomic mass is 9.96. The molecular formula is C22H36N2. The van der Waals surface area contributed by atoms with Crippen molar-refractivity contribution in [1.82, 2.24) is 9.80 Å². The standard InChI is InChI=1S/2C10H15N.C2H6/c1-8(2)10-7-11(4)6-5-9(10)3;1-8(2)10-6-5-7-11(4)9(10)3;1-2/h2*5-8H,3H2,1-2,4H3;1-2H3. The zero-order valence-corrected chi connectivity index (χ0v) is 16.9. The lowest BCUT2D eigenvalue weighted by Crippen LogP contribution is -2.16. The van der Waals surface area contributed by atoms with Gasteiger partial charge in [-0.1, -0.05) is 60.8 Å². The number of hydrogen-bond donors (Lipinski definition) is 0. The third-order valence-electron chi connectivity index (χ3n) is 3.81. The van der Waals surface area contributed by atoms with Gasteiger partial charge < -0.3 is 9.80 Å². The molecule has 2 rings (SSSR count). The normalized spacial score (nSPS) is 16.4. The van der Waals surface area contributed by atoms with Gasteiger partial charge in [0.15, 0.2) is 0 Å². The molecule has 0 aromatic carbocycles. The molecule has 2 nitrogen and oxygen atoms in total. The molecule has 0 atom stereocenters. The summed E-state index contributed by atoms with van der Waals surface area (Å²) < 4.78 is 0. The van der Waals surface area contributed by atoms with Crippen LogP contribution in [-0.2, 0) is 0 Å². The number of allylic oxidation sites excluding steroid dienone is 6. The van der Waals surface area contributed by atoms with Gasteiger partial charge in [0, 0.05) is 38.4 Å². The molecular weight excluding hydrogens is 292 g/mol. The minimum absolute atomic E-state index is 0.565. The van der Waals surface area contributed by atoms with Gasteiger partial charge in [0.25, 0.3) is 0 Å². The fourth-order valence-electron chi connectivity index (χ4n) is 2.36. The van der Waals surface area contributed by atoms with E-state index in [-0.39, 0.29) is 0 Å². The molecule has 24 heavy (non-hydrogen) atoms. The van der Waals surface area contributed by atoms with Crippen molar-refractivity contribution in [2.75, 3.05) is 14.1 Å². The second-order valence-corrected chi connectivity index (χ2v) is 6.42. The maximum atomic E-state index is 4.00. The highest BCUT2D eigenvalue weighted by atomic mass is 15.1. The summed E-state index contributed by atoms with van der Waals surface area (Å²) in [6.07, 6.45) is 12.4. The van der Waals surface area contributed by atoms with Crippen LogP contribution in [-0.4, -0.2) is 23.9 Å². The Morgan fingerprint density at radius 2 is 1.42 bits per heavy atom. The Bertz CT molecular complexity index is 542. The van der Waals surface area contributed by atoms with Crippen molar-refractivity contribution in [1.29, 1.82) is 0 Å². The van der Waals surface area contributed by atoms with Crippen LogP contribution >= 0.6 is 0 Å². The lowest BCUT2D eigenvalue weighted by molar-refractivity contribution is 0.551. The molecule has 0 N–H and O–H groups in total. The number of nitrogens with zero attached hydrogens (tertiary/aromatic N) is 2. The Kier molecular flexibility index (Phi) is 9.87. The molecule has 0 aliphatic carbocycles. The molecule has 0 fully saturated rings. The van der Waals surface area contributed by atoms with Crippen LogP contribution in [0.25, 0.3) is 0 Å². The Morgan fingerprint density at radius 3 is 1.83 bits per heavy atom. The molecule has 0 amide bonds. The SMILES string of the molecule is C=C1C(C(C)C)=CC=CN1C.C=C1C=CN(C)C=C1C(C)C.CC. The first-order chi connectivity index (χ1) is 11.2. The third-order valence-corrected chi connectivity index (χ3v) is 3.81. The van der Waals surface area contributed by atoms with Crippen molar-refractivity contribution >= 4 is 0 Å². The minimum Gasteiger partial charge on any atom is -0.357 e. The molecule has 0 radical (unpaired) electrons. The van der Waals surface area contributed by atoms with E-state index < -0.39 is 0 Å². The summed E-state index contributed by atoms with van der Waals surface area (Å²) in [4.78, 5) is 4.11. The summed E-state index contributed by atoms with van der Waals surface area (Å²) in [5.74, 6) is 1.13. The number of rotatable bonds is 2. The van der Waals surface area contributed by atoms with Crippen LogP contribution in [0.1, 0.15) is 41.5 Å². The molecule has 2 aliphatic rings. The highest BCUT2D eigenvalue weighted by Crippen LogP contribution is 2.24. The van der Waals surface area contributed by atoms with E-state index in [2.05, 4.69) is 75.1 Å². The van der Waals surface area contributed by atoms with E-state index in [1.54, 1.807) is 0 Å². The number of hydrogen-bond acceptors (Lipinski definition) is 2. The van der Waals surface area contributed by atoms with Crippen molar-refractivity contribution in [2.45, 2.75) is 41.5 Å². The zero-order valence-electron chi connectivity index (χ0n) is 16.9. The summed E-state index contributed by atoms with van der Waals surface area (Å²) in [6.45, 7) is 20.7. The van der Waals surface area contributed by atoms with Gasteiger partial charge in [0.05, 0.1) is 0 Å². The van der Waals surface area contributed by atoms with Gasteiger partial charge in [-0.3, -0.25) is 0 Å². The molecule has 2 heteroatoms. The highest BCUT2D eigenvalue weighted by Gasteiger charge is 2.11. The van der Waals surface area contributed by atoms with E-state index in [0.717, 1.165) is 11.3 Å². The van der Waals surface area contributed by atoms with Crippen LogP contribution in [0, 0.1) is 11.8 Å². The first-order valence-electron chi connectivity index (χ1n) is 8.85. The molecule has 0 aromatic rings. The second kappa shape index (κ2) is 10.7. The van der Waals surface area contributed by atoms with Crippen LogP contribution in [0.15, 0.2) is 72.4 Å². The lowest BCUT2D eigenvalue weighted by Gasteiger charge is -2.24. The fraction of sp³-hybridized carbons (Fsp3) is 0.455. The first-order valence-corrected chi connectivity index (χ1v) is 8.85. The van der Waals surface area contributed by atoms with Gasteiger partial charge >= 0.3 is 0 Å². The largest absolute Gasteiger partial charge is 0.357 e. The fourth-order valence-corrected chi connectivity index (χ4v) is 2.36. The van der Waals surface area contributed by atoms with Gasteiger partial charge in [-0.05, 0) is 40.7 Å². The van der Waals surface area contributed by atoms with Crippen molar-refractivity contribution in [2.24, 2.45) is 11.8 Å². The van der Waals surface area contributed by atoms with Gasteiger partial charge in [-0.25, -0.2) is 0 Å². The maximum Gasteiger partial charge on any atom is 0.0365 e. The molecule has 2 heterocycles. The first kappa shape index (κ1) is 22.0. The molecule has 0 aromatic heterocycles. The summed E-state index contributed by atoms with van der Waals surface area (Å²) in [5.41, 5.74) is 4.91. The molecule has 0 saturated carbocycles. The Balaban J connectivity index is 0.000000400. The topological polar surface area (TPSA) is 6.48 Å². The molecule has 0 spiro atoms. The van der Waals surface area contributed by atoms with Crippen LogP contribution in [0.5, 0.6) is 0 Å². The van der Waals surface area contributed by atoms with Crippen LogP contribution in [0.4, 0.5) is 0 Å². The molecule has 134 valence electrons. The summed E-state index contributed by atoms with van der Waals surface area (Å²) in [6, 6.07) is 0. The average Bonchev–Trinajstić information content (AvgIpc) is 2.54. The summed E-state index contributed by atoms with van der Waals surface area (Å²) >= 11 is 0. The van der Waals surface area contributed by atoms with Gasteiger partial charge in [-0.2, -0.15) is 0 Å². The van der Waals surface area contributed by atoms with Crippen molar-refractivity contribution in [3.05, 3.63) is 72.4 Å².